The molecule has 0 fully saturated rings. The smallest absolute Gasteiger partial charge is 0.147 e. The van der Waals surface area contributed by atoms with E-state index in [-0.39, 0.29) is 0 Å². The monoisotopic (exact) mass is 265 g/mol. The first-order valence-corrected chi connectivity index (χ1v) is 6.71. The minimum Gasteiger partial charge on any atom is -0.397 e. The predicted molar refractivity (Wildman–Crippen MR) is 72.7 cm³/mol. The average Bonchev–Trinajstić information content (AvgIpc) is 2.75. The maximum atomic E-state index is 6.18. The van der Waals surface area contributed by atoms with Gasteiger partial charge in [0.1, 0.15) is 5.82 Å². The quantitative estimate of drug-likeness (QED) is 0.862. The zero-order valence-electron chi connectivity index (χ0n) is 9.19. The van der Waals surface area contributed by atoms with Crippen LogP contribution in [-0.4, -0.2) is 11.5 Å². The van der Waals surface area contributed by atoms with Gasteiger partial charge in [0.05, 0.1) is 16.9 Å². The molecule has 0 aliphatic carbocycles. The van der Waals surface area contributed by atoms with Crippen molar-refractivity contribution in [3.63, 3.8) is 0 Å². The van der Waals surface area contributed by atoms with Crippen LogP contribution in [0.5, 0.6) is 0 Å². The molecule has 3 nitrogen and oxygen atoms in total. The molecule has 2 aromatic heterocycles. The van der Waals surface area contributed by atoms with Crippen molar-refractivity contribution in [3.05, 3.63) is 39.2 Å². The van der Waals surface area contributed by atoms with Crippen LogP contribution in [0.15, 0.2) is 23.7 Å². The summed E-state index contributed by atoms with van der Waals surface area (Å²) < 4.78 is 0. The van der Waals surface area contributed by atoms with Crippen LogP contribution >= 0.6 is 22.9 Å². The lowest BCUT2D eigenvalue weighted by atomic mass is 10.1. The first-order chi connectivity index (χ1) is 8.24. The van der Waals surface area contributed by atoms with Crippen molar-refractivity contribution in [2.24, 2.45) is 0 Å². The molecule has 0 saturated carbocycles. The second-order valence-electron chi connectivity index (χ2n) is 4.11. The first-order valence-electron chi connectivity index (χ1n) is 5.45. The van der Waals surface area contributed by atoms with E-state index in [2.05, 4.69) is 21.3 Å². The number of nitrogen functional groups attached to an aromatic ring is 1. The summed E-state index contributed by atoms with van der Waals surface area (Å²) in [5.74, 6) is 0.831. The highest BCUT2D eigenvalue weighted by atomic mass is 35.5. The van der Waals surface area contributed by atoms with Gasteiger partial charge in [-0.2, -0.15) is 0 Å². The Kier molecular flexibility index (Phi) is 2.68. The van der Waals surface area contributed by atoms with Gasteiger partial charge in [-0.3, -0.25) is 0 Å². The number of rotatable bonds is 1. The standard InChI is InChI=1S/C12H12ClN3S/c13-10-5-9(14)6-15-12(10)16-3-1-11-8(7-16)2-4-17-11/h2,4-6H,1,3,7,14H2. The SMILES string of the molecule is Nc1cnc(N2CCc3sccc3C2)c(Cl)c1. The van der Waals surface area contributed by atoms with Crippen molar-refractivity contribution in [3.8, 4) is 0 Å². The van der Waals surface area contributed by atoms with Crippen molar-refractivity contribution >= 4 is 34.4 Å². The molecule has 0 spiro atoms. The van der Waals surface area contributed by atoms with Gasteiger partial charge in [-0.15, -0.1) is 11.3 Å². The molecule has 0 atom stereocenters. The van der Waals surface area contributed by atoms with E-state index in [1.54, 1.807) is 12.3 Å². The number of hydrogen-bond donors (Lipinski definition) is 1. The topological polar surface area (TPSA) is 42.1 Å². The molecule has 0 amide bonds. The van der Waals surface area contributed by atoms with E-state index >= 15 is 0 Å². The van der Waals surface area contributed by atoms with Crippen LogP contribution in [0.3, 0.4) is 0 Å². The van der Waals surface area contributed by atoms with E-state index in [1.807, 2.05) is 11.3 Å². The molecule has 0 unspecified atom stereocenters. The van der Waals surface area contributed by atoms with Gasteiger partial charge in [0.15, 0.2) is 0 Å². The summed E-state index contributed by atoms with van der Waals surface area (Å²) in [5, 5.41) is 2.77. The zero-order chi connectivity index (χ0) is 11.8. The van der Waals surface area contributed by atoms with Crippen LogP contribution in [0.2, 0.25) is 5.02 Å². The second-order valence-corrected chi connectivity index (χ2v) is 5.52. The number of anilines is 2. The number of nitrogens with two attached hydrogens (primary N) is 1. The third-order valence-corrected chi connectivity index (χ3v) is 4.25. The third-order valence-electron chi connectivity index (χ3n) is 2.95. The number of fused-ring (bicyclic) bond motifs is 1. The molecule has 1 aliphatic heterocycles. The first kappa shape index (κ1) is 10.9. The highest BCUT2D eigenvalue weighted by Gasteiger charge is 2.20. The van der Waals surface area contributed by atoms with Crippen LogP contribution in [0.1, 0.15) is 10.4 Å². The molecule has 17 heavy (non-hydrogen) atoms. The lowest BCUT2D eigenvalue weighted by Gasteiger charge is -2.28. The molecule has 2 aromatic rings. The Morgan fingerprint density at radius 3 is 3.18 bits per heavy atom. The number of aromatic nitrogens is 1. The Labute approximate surface area is 109 Å². The number of halogens is 1. The average molecular weight is 266 g/mol. The van der Waals surface area contributed by atoms with Gasteiger partial charge in [-0.05, 0) is 29.5 Å². The molecular formula is C12H12ClN3S. The van der Waals surface area contributed by atoms with Gasteiger partial charge in [-0.25, -0.2) is 4.98 Å². The number of pyridine rings is 1. The van der Waals surface area contributed by atoms with Crippen molar-refractivity contribution in [1.29, 1.82) is 0 Å². The van der Waals surface area contributed by atoms with E-state index in [0.717, 1.165) is 25.3 Å². The van der Waals surface area contributed by atoms with Gasteiger partial charge < -0.3 is 10.6 Å². The van der Waals surface area contributed by atoms with E-state index in [0.29, 0.717) is 10.7 Å². The maximum Gasteiger partial charge on any atom is 0.147 e. The summed E-state index contributed by atoms with van der Waals surface area (Å²) in [5.41, 5.74) is 7.64. The number of hydrogen-bond acceptors (Lipinski definition) is 4. The highest BCUT2D eigenvalue weighted by molar-refractivity contribution is 7.10. The van der Waals surface area contributed by atoms with Gasteiger partial charge in [0.25, 0.3) is 0 Å². The van der Waals surface area contributed by atoms with Crippen molar-refractivity contribution in [2.75, 3.05) is 17.2 Å². The molecule has 0 aromatic carbocycles. The normalized spacial score (nSPS) is 14.8. The van der Waals surface area contributed by atoms with E-state index < -0.39 is 0 Å². The molecule has 2 N–H and O–H groups in total. The fraction of sp³-hybridized carbons (Fsp3) is 0.250. The van der Waals surface area contributed by atoms with E-state index in [4.69, 9.17) is 17.3 Å². The molecule has 0 radical (unpaired) electrons. The molecule has 1 aliphatic rings. The third kappa shape index (κ3) is 1.98. The maximum absolute atomic E-state index is 6.18. The lowest BCUT2D eigenvalue weighted by molar-refractivity contribution is 0.732. The highest BCUT2D eigenvalue weighted by Crippen LogP contribution is 2.31. The predicted octanol–water partition coefficient (Wildman–Crippen LogP) is 2.94. The van der Waals surface area contributed by atoms with Crippen LogP contribution in [0, 0.1) is 0 Å². The zero-order valence-corrected chi connectivity index (χ0v) is 10.8. The van der Waals surface area contributed by atoms with Crippen molar-refractivity contribution < 1.29 is 0 Å². The Balaban J connectivity index is 1.91. The summed E-state index contributed by atoms with van der Waals surface area (Å²) in [6.07, 6.45) is 2.72. The summed E-state index contributed by atoms with van der Waals surface area (Å²) in [6, 6.07) is 3.93. The Morgan fingerprint density at radius 1 is 1.47 bits per heavy atom. The summed E-state index contributed by atoms with van der Waals surface area (Å²) in [7, 11) is 0. The van der Waals surface area contributed by atoms with Gasteiger partial charge in [0, 0.05) is 18.0 Å². The van der Waals surface area contributed by atoms with Crippen molar-refractivity contribution in [1.82, 2.24) is 4.98 Å². The fourth-order valence-electron chi connectivity index (χ4n) is 2.11. The van der Waals surface area contributed by atoms with Crippen LogP contribution < -0.4 is 10.6 Å². The minimum atomic E-state index is 0.604. The fourth-order valence-corrected chi connectivity index (χ4v) is 3.29. The van der Waals surface area contributed by atoms with Crippen molar-refractivity contribution in [2.45, 2.75) is 13.0 Å². The largest absolute Gasteiger partial charge is 0.397 e. The van der Waals surface area contributed by atoms with Crippen LogP contribution in [0.4, 0.5) is 11.5 Å². The summed E-state index contributed by atoms with van der Waals surface area (Å²) in [4.78, 5) is 8.02. The molecule has 0 saturated heterocycles. The van der Waals surface area contributed by atoms with Crippen LogP contribution in [-0.2, 0) is 13.0 Å². The van der Waals surface area contributed by atoms with Crippen LogP contribution in [0.25, 0.3) is 0 Å². The molecule has 3 heterocycles. The number of thiophene rings is 1. The summed E-state index contributed by atoms with van der Waals surface area (Å²) in [6.45, 7) is 1.85. The molecular weight excluding hydrogens is 254 g/mol. The van der Waals surface area contributed by atoms with Gasteiger partial charge >= 0.3 is 0 Å². The summed E-state index contributed by atoms with van der Waals surface area (Å²) >= 11 is 8.01. The molecule has 0 bridgehead atoms. The van der Waals surface area contributed by atoms with E-state index in [9.17, 15) is 0 Å². The van der Waals surface area contributed by atoms with Gasteiger partial charge in [0.2, 0.25) is 0 Å². The van der Waals surface area contributed by atoms with Gasteiger partial charge in [-0.1, -0.05) is 11.6 Å². The minimum absolute atomic E-state index is 0.604. The molecule has 88 valence electrons. The Bertz CT molecular complexity index is 552. The number of nitrogens with zero attached hydrogens (tertiary/aromatic N) is 2. The second kappa shape index (κ2) is 4.20. The lowest BCUT2D eigenvalue weighted by Crippen LogP contribution is -2.30. The molecule has 3 rings (SSSR count). The Morgan fingerprint density at radius 2 is 2.35 bits per heavy atom. The van der Waals surface area contributed by atoms with E-state index in [1.165, 1.54) is 10.4 Å². The Hall–Kier alpha value is -1.26. The molecule has 5 heteroatoms.